The Morgan fingerprint density at radius 2 is 1.88 bits per heavy atom. The SMILES string of the molecule is Cc1cccc2cccc(CCC(=O)O)c12. The first-order valence-corrected chi connectivity index (χ1v) is 5.37. The molecule has 0 unspecified atom stereocenters. The first-order valence-electron chi connectivity index (χ1n) is 5.37. The van der Waals surface area contributed by atoms with E-state index in [0.717, 1.165) is 5.56 Å². The maximum atomic E-state index is 10.6. The van der Waals surface area contributed by atoms with E-state index in [0.29, 0.717) is 6.42 Å². The van der Waals surface area contributed by atoms with Gasteiger partial charge in [0.1, 0.15) is 0 Å². The summed E-state index contributed by atoms with van der Waals surface area (Å²) in [7, 11) is 0. The number of carboxylic acids is 1. The van der Waals surface area contributed by atoms with Crippen molar-refractivity contribution in [1.29, 1.82) is 0 Å². The van der Waals surface area contributed by atoms with Crippen LogP contribution in [-0.2, 0) is 11.2 Å². The van der Waals surface area contributed by atoms with Crippen LogP contribution < -0.4 is 0 Å². The van der Waals surface area contributed by atoms with Crippen LogP contribution in [0.25, 0.3) is 10.8 Å². The molecule has 2 aromatic rings. The quantitative estimate of drug-likeness (QED) is 0.852. The van der Waals surface area contributed by atoms with Gasteiger partial charge in [-0.2, -0.15) is 0 Å². The van der Waals surface area contributed by atoms with Crippen LogP contribution in [0, 0.1) is 6.92 Å². The molecule has 0 aromatic heterocycles. The van der Waals surface area contributed by atoms with Gasteiger partial charge in [-0.15, -0.1) is 0 Å². The zero-order valence-corrected chi connectivity index (χ0v) is 9.23. The fourth-order valence-corrected chi connectivity index (χ4v) is 2.07. The summed E-state index contributed by atoms with van der Waals surface area (Å²) in [5.41, 5.74) is 2.33. The lowest BCUT2D eigenvalue weighted by atomic mass is 9.97. The highest BCUT2D eigenvalue weighted by atomic mass is 16.4. The second-order valence-corrected chi connectivity index (χ2v) is 3.98. The Kier molecular flexibility index (Phi) is 2.91. The molecule has 0 atom stereocenters. The normalized spacial score (nSPS) is 10.6. The Bertz CT molecular complexity index is 524. The highest BCUT2D eigenvalue weighted by Crippen LogP contribution is 2.23. The lowest BCUT2D eigenvalue weighted by Gasteiger charge is -2.08. The highest BCUT2D eigenvalue weighted by molar-refractivity contribution is 5.89. The van der Waals surface area contributed by atoms with Gasteiger partial charge in [-0.25, -0.2) is 0 Å². The van der Waals surface area contributed by atoms with Gasteiger partial charge >= 0.3 is 5.97 Å². The standard InChI is InChI=1S/C14H14O2/c1-10-4-2-5-11-6-3-7-12(14(10)11)8-9-13(15)16/h2-7H,8-9H2,1H3,(H,15,16). The number of benzene rings is 2. The molecular weight excluding hydrogens is 200 g/mol. The van der Waals surface area contributed by atoms with Crippen molar-refractivity contribution in [2.45, 2.75) is 19.8 Å². The molecule has 0 aliphatic rings. The average Bonchev–Trinajstić information content (AvgIpc) is 2.26. The Balaban J connectivity index is 2.48. The molecule has 0 bridgehead atoms. The van der Waals surface area contributed by atoms with Crippen LogP contribution in [0.5, 0.6) is 0 Å². The van der Waals surface area contributed by atoms with E-state index in [1.165, 1.54) is 16.3 Å². The number of aryl methyl sites for hydroxylation is 2. The third kappa shape index (κ3) is 2.06. The van der Waals surface area contributed by atoms with Crippen molar-refractivity contribution in [3.05, 3.63) is 47.5 Å². The van der Waals surface area contributed by atoms with E-state index in [4.69, 9.17) is 5.11 Å². The van der Waals surface area contributed by atoms with Crippen LogP contribution in [0.4, 0.5) is 0 Å². The van der Waals surface area contributed by atoms with Crippen molar-refractivity contribution < 1.29 is 9.90 Å². The van der Waals surface area contributed by atoms with Gasteiger partial charge in [0.25, 0.3) is 0 Å². The van der Waals surface area contributed by atoms with Crippen molar-refractivity contribution in [1.82, 2.24) is 0 Å². The van der Waals surface area contributed by atoms with E-state index in [1.807, 2.05) is 18.2 Å². The van der Waals surface area contributed by atoms with E-state index in [1.54, 1.807) is 0 Å². The van der Waals surface area contributed by atoms with Crippen LogP contribution in [0.2, 0.25) is 0 Å². The van der Waals surface area contributed by atoms with Gasteiger partial charge in [0, 0.05) is 6.42 Å². The van der Waals surface area contributed by atoms with Crippen LogP contribution >= 0.6 is 0 Å². The summed E-state index contributed by atoms with van der Waals surface area (Å²) in [5, 5.41) is 11.1. The molecule has 0 aliphatic heterocycles. The lowest BCUT2D eigenvalue weighted by molar-refractivity contribution is -0.136. The molecule has 2 rings (SSSR count). The Morgan fingerprint density at radius 1 is 1.19 bits per heavy atom. The summed E-state index contributed by atoms with van der Waals surface area (Å²) < 4.78 is 0. The molecule has 0 saturated carbocycles. The molecule has 82 valence electrons. The van der Waals surface area contributed by atoms with Crippen LogP contribution in [0.15, 0.2) is 36.4 Å². The van der Waals surface area contributed by atoms with Gasteiger partial charge in [0.15, 0.2) is 0 Å². The number of hydrogen-bond donors (Lipinski definition) is 1. The Morgan fingerprint density at radius 3 is 2.56 bits per heavy atom. The van der Waals surface area contributed by atoms with Crippen LogP contribution in [0.3, 0.4) is 0 Å². The third-order valence-corrected chi connectivity index (χ3v) is 2.81. The van der Waals surface area contributed by atoms with Crippen LogP contribution in [0.1, 0.15) is 17.5 Å². The van der Waals surface area contributed by atoms with Crippen molar-refractivity contribution in [2.24, 2.45) is 0 Å². The molecule has 0 amide bonds. The zero-order valence-electron chi connectivity index (χ0n) is 9.23. The third-order valence-electron chi connectivity index (χ3n) is 2.81. The van der Waals surface area contributed by atoms with Crippen molar-refractivity contribution >= 4 is 16.7 Å². The molecule has 0 saturated heterocycles. The molecule has 2 heteroatoms. The first-order chi connectivity index (χ1) is 7.68. The fourth-order valence-electron chi connectivity index (χ4n) is 2.07. The van der Waals surface area contributed by atoms with Gasteiger partial charge in [-0.1, -0.05) is 36.4 Å². The number of carbonyl (C=O) groups is 1. The number of carboxylic acid groups (broad SMARTS) is 1. The fraction of sp³-hybridized carbons (Fsp3) is 0.214. The molecule has 0 aliphatic carbocycles. The molecule has 2 nitrogen and oxygen atoms in total. The van der Waals surface area contributed by atoms with Crippen LogP contribution in [-0.4, -0.2) is 11.1 Å². The first kappa shape index (κ1) is 10.7. The maximum absolute atomic E-state index is 10.6. The molecule has 16 heavy (non-hydrogen) atoms. The molecule has 0 spiro atoms. The Hall–Kier alpha value is -1.83. The van der Waals surface area contributed by atoms with Gasteiger partial charge in [-0.3, -0.25) is 4.79 Å². The van der Waals surface area contributed by atoms with E-state index < -0.39 is 5.97 Å². The molecule has 0 fully saturated rings. The molecule has 0 heterocycles. The van der Waals surface area contributed by atoms with E-state index >= 15 is 0 Å². The van der Waals surface area contributed by atoms with Gasteiger partial charge in [0.05, 0.1) is 0 Å². The second kappa shape index (κ2) is 4.35. The van der Waals surface area contributed by atoms with E-state index in [2.05, 4.69) is 25.1 Å². The number of fused-ring (bicyclic) bond motifs is 1. The number of hydrogen-bond acceptors (Lipinski definition) is 1. The van der Waals surface area contributed by atoms with Gasteiger partial charge in [0.2, 0.25) is 0 Å². The lowest BCUT2D eigenvalue weighted by Crippen LogP contribution is -1.98. The molecular formula is C14H14O2. The van der Waals surface area contributed by atoms with Crippen molar-refractivity contribution in [3.8, 4) is 0 Å². The average molecular weight is 214 g/mol. The monoisotopic (exact) mass is 214 g/mol. The van der Waals surface area contributed by atoms with Crippen molar-refractivity contribution in [3.63, 3.8) is 0 Å². The Labute approximate surface area is 94.5 Å². The predicted molar refractivity (Wildman–Crippen MR) is 64.6 cm³/mol. The summed E-state index contributed by atoms with van der Waals surface area (Å²) >= 11 is 0. The van der Waals surface area contributed by atoms with Gasteiger partial charge in [-0.05, 0) is 35.2 Å². The van der Waals surface area contributed by atoms with Gasteiger partial charge < -0.3 is 5.11 Å². The smallest absolute Gasteiger partial charge is 0.303 e. The predicted octanol–water partition coefficient (Wildman–Crippen LogP) is 3.17. The second-order valence-electron chi connectivity index (χ2n) is 3.98. The molecule has 2 aromatic carbocycles. The van der Waals surface area contributed by atoms with E-state index in [9.17, 15) is 4.79 Å². The number of rotatable bonds is 3. The molecule has 1 N–H and O–H groups in total. The highest BCUT2D eigenvalue weighted by Gasteiger charge is 2.05. The minimum absolute atomic E-state index is 0.188. The van der Waals surface area contributed by atoms with Crippen molar-refractivity contribution in [2.75, 3.05) is 0 Å². The summed E-state index contributed by atoms with van der Waals surface area (Å²) in [4.78, 5) is 10.6. The topological polar surface area (TPSA) is 37.3 Å². The summed E-state index contributed by atoms with van der Waals surface area (Å²) in [5.74, 6) is -0.745. The minimum Gasteiger partial charge on any atom is -0.481 e. The largest absolute Gasteiger partial charge is 0.481 e. The van der Waals surface area contributed by atoms with E-state index in [-0.39, 0.29) is 6.42 Å². The number of aliphatic carboxylic acids is 1. The maximum Gasteiger partial charge on any atom is 0.303 e. The molecule has 0 radical (unpaired) electrons. The summed E-state index contributed by atoms with van der Waals surface area (Å²) in [6.45, 7) is 2.06. The summed E-state index contributed by atoms with van der Waals surface area (Å²) in [6, 6.07) is 12.2. The summed E-state index contributed by atoms with van der Waals surface area (Å²) in [6.07, 6.45) is 0.783. The minimum atomic E-state index is -0.745. The zero-order chi connectivity index (χ0) is 11.5.